The Hall–Kier alpha value is -2.09. The van der Waals surface area contributed by atoms with Crippen molar-refractivity contribution in [3.8, 4) is 0 Å². The van der Waals surface area contributed by atoms with E-state index in [1.807, 2.05) is 42.2 Å². The highest BCUT2D eigenvalue weighted by atomic mass is 16.2. The van der Waals surface area contributed by atoms with Gasteiger partial charge in [-0.25, -0.2) is 0 Å². The Morgan fingerprint density at radius 2 is 2.06 bits per heavy atom. The first kappa shape index (κ1) is 12.4. The summed E-state index contributed by atoms with van der Waals surface area (Å²) in [5.41, 5.74) is 3.76. The smallest absolute Gasteiger partial charge is 0.255 e. The summed E-state index contributed by atoms with van der Waals surface area (Å²) in [6.07, 6.45) is 3.76. The molecule has 1 aromatic carbocycles. The maximum absolute atomic E-state index is 12.4. The summed E-state index contributed by atoms with van der Waals surface area (Å²) in [4.78, 5) is 14.2. The fourth-order valence-corrected chi connectivity index (χ4v) is 2.16. The first-order valence-electron chi connectivity index (χ1n) is 6.01. The van der Waals surface area contributed by atoms with Crippen LogP contribution in [0.1, 0.15) is 22.8 Å². The van der Waals surface area contributed by atoms with Crippen LogP contribution in [0.2, 0.25) is 0 Å². The molecule has 1 aliphatic rings. The van der Waals surface area contributed by atoms with Gasteiger partial charge in [0.15, 0.2) is 0 Å². The summed E-state index contributed by atoms with van der Waals surface area (Å²) in [6, 6.07) is 7.64. The van der Waals surface area contributed by atoms with E-state index in [1.54, 1.807) is 6.08 Å². The van der Waals surface area contributed by atoms with E-state index in [0.29, 0.717) is 13.1 Å². The van der Waals surface area contributed by atoms with Crippen LogP contribution in [0.4, 0.5) is 0 Å². The zero-order valence-electron chi connectivity index (χ0n) is 10.6. The molecule has 0 aromatic heterocycles. The number of nitrogens with zero attached hydrogens (tertiary/aromatic N) is 1. The molecule has 0 aliphatic carbocycles. The zero-order valence-corrected chi connectivity index (χ0v) is 10.6. The van der Waals surface area contributed by atoms with Crippen molar-refractivity contribution in [2.75, 3.05) is 13.1 Å². The summed E-state index contributed by atoms with van der Waals surface area (Å²) in [6.45, 7) is 10.9. The molecular weight excluding hydrogens is 222 g/mol. The minimum absolute atomic E-state index is 0.0687. The molecule has 2 heteroatoms. The Kier molecular flexibility index (Phi) is 3.47. The molecule has 0 N–H and O–H groups in total. The Morgan fingerprint density at radius 3 is 2.67 bits per heavy atom. The number of hydrogen-bond donors (Lipinski definition) is 0. The molecular formula is C16H17NO. The van der Waals surface area contributed by atoms with Crippen molar-refractivity contribution in [1.29, 1.82) is 0 Å². The van der Waals surface area contributed by atoms with Gasteiger partial charge in [-0.2, -0.15) is 0 Å². The summed E-state index contributed by atoms with van der Waals surface area (Å²) in [7, 11) is 0. The van der Waals surface area contributed by atoms with Crippen LogP contribution in [0.5, 0.6) is 0 Å². The number of amides is 1. The Bertz CT molecular complexity index is 540. The quantitative estimate of drug-likeness (QED) is 0.741. The van der Waals surface area contributed by atoms with Gasteiger partial charge in [-0.1, -0.05) is 43.5 Å². The SMILES string of the molecule is C=CC(=CC)CN1CC(=C)c2ccccc2C1=O. The van der Waals surface area contributed by atoms with E-state index in [4.69, 9.17) is 0 Å². The fourth-order valence-electron chi connectivity index (χ4n) is 2.16. The maximum atomic E-state index is 12.4. The van der Waals surface area contributed by atoms with Gasteiger partial charge in [0.25, 0.3) is 5.91 Å². The van der Waals surface area contributed by atoms with E-state index in [0.717, 1.165) is 22.3 Å². The van der Waals surface area contributed by atoms with Crippen LogP contribution in [-0.2, 0) is 0 Å². The molecule has 0 fully saturated rings. The van der Waals surface area contributed by atoms with Crippen molar-refractivity contribution in [1.82, 2.24) is 4.90 Å². The molecule has 0 bridgehead atoms. The average molecular weight is 239 g/mol. The van der Waals surface area contributed by atoms with Crippen molar-refractivity contribution in [3.05, 3.63) is 66.3 Å². The van der Waals surface area contributed by atoms with Gasteiger partial charge >= 0.3 is 0 Å². The zero-order chi connectivity index (χ0) is 13.1. The molecule has 1 amide bonds. The number of rotatable bonds is 3. The van der Waals surface area contributed by atoms with Crippen molar-refractivity contribution < 1.29 is 4.79 Å². The highest BCUT2D eigenvalue weighted by molar-refractivity contribution is 6.02. The van der Waals surface area contributed by atoms with Crippen molar-refractivity contribution in [2.24, 2.45) is 0 Å². The number of carbonyl (C=O) groups excluding carboxylic acids is 1. The van der Waals surface area contributed by atoms with E-state index in [9.17, 15) is 4.79 Å². The predicted molar refractivity (Wildman–Crippen MR) is 75.3 cm³/mol. The molecule has 0 saturated carbocycles. The second-order valence-electron chi connectivity index (χ2n) is 4.38. The van der Waals surface area contributed by atoms with Crippen LogP contribution in [0.3, 0.4) is 0 Å². The van der Waals surface area contributed by atoms with E-state index >= 15 is 0 Å². The lowest BCUT2D eigenvalue weighted by molar-refractivity contribution is 0.0783. The standard InChI is InChI=1S/C16H17NO/c1-4-13(5-2)11-17-10-12(3)14-8-6-7-9-15(14)16(17)18/h4-9H,1,3,10-11H2,2H3. The molecule has 0 saturated heterocycles. The summed E-state index contributed by atoms with van der Waals surface area (Å²) in [5, 5.41) is 0. The van der Waals surface area contributed by atoms with Crippen molar-refractivity contribution >= 4 is 11.5 Å². The van der Waals surface area contributed by atoms with Crippen molar-refractivity contribution in [2.45, 2.75) is 6.92 Å². The third-order valence-corrected chi connectivity index (χ3v) is 3.21. The molecule has 1 heterocycles. The van der Waals surface area contributed by atoms with Crippen LogP contribution in [-0.4, -0.2) is 23.9 Å². The van der Waals surface area contributed by atoms with Crippen LogP contribution < -0.4 is 0 Å². The molecule has 1 aromatic rings. The molecule has 18 heavy (non-hydrogen) atoms. The van der Waals surface area contributed by atoms with Gasteiger partial charge in [0.1, 0.15) is 0 Å². The van der Waals surface area contributed by atoms with Gasteiger partial charge in [-0.3, -0.25) is 4.79 Å². The number of allylic oxidation sites excluding steroid dienone is 1. The van der Waals surface area contributed by atoms with E-state index in [-0.39, 0.29) is 5.91 Å². The Balaban J connectivity index is 2.31. The second kappa shape index (κ2) is 5.05. The highest BCUT2D eigenvalue weighted by Crippen LogP contribution is 2.26. The number of carbonyl (C=O) groups is 1. The summed E-state index contributed by atoms with van der Waals surface area (Å²) < 4.78 is 0. The molecule has 2 rings (SSSR count). The minimum Gasteiger partial charge on any atom is -0.330 e. The third-order valence-electron chi connectivity index (χ3n) is 3.21. The molecule has 1 aliphatic heterocycles. The predicted octanol–water partition coefficient (Wildman–Crippen LogP) is 3.29. The Labute approximate surface area is 108 Å². The third kappa shape index (κ3) is 2.14. The fraction of sp³-hybridized carbons (Fsp3) is 0.188. The number of benzene rings is 1. The lowest BCUT2D eigenvalue weighted by atomic mass is 9.95. The summed E-state index contributed by atoms with van der Waals surface area (Å²) >= 11 is 0. The van der Waals surface area contributed by atoms with Gasteiger partial charge in [-0.05, 0) is 29.7 Å². The van der Waals surface area contributed by atoms with Crippen LogP contribution >= 0.6 is 0 Å². The first-order valence-corrected chi connectivity index (χ1v) is 6.01. The van der Waals surface area contributed by atoms with Crippen molar-refractivity contribution in [3.63, 3.8) is 0 Å². The molecule has 0 radical (unpaired) electrons. The van der Waals surface area contributed by atoms with Gasteiger partial charge in [0.05, 0.1) is 0 Å². The number of hydrogen-bond acceptors (Lipinski definition) is 1. The average Bonchev–Trinajstić information content (AvgIpc) is 2.41. The molecule has 92 valence electrons. The number of fused-ring (bicyclic) bond motifs is 1. The van der Waals surface area contributed by atoms with Crippen LogP contribution in [0.15, 0.2) is 55.1 Å². The molecule has 0 unspecified atom stereocenters. The highest BCUT2D eigenvalue weighted by Gasteiger charge is 2.25. The largest absolute Gasteiger partial charge is 0.330 e. The van der Waals surface area contributed by atoms with Gasteiger partial charge in [-0.15, -0.1) is 0 Å². The first-order chi connectivity index (χ1) is 8.67. The van der Waals surface area contributed by atoms with E-state index in [2.05, 4.69) is 13.2 Å². The lowest BCUT2D eigenvalue weighted by Gasteiger charge is -2.30. The monoisotopic (exact) mass is 239 g/mol. The normalized spacial score (nSPS) is 15.6. The van der Waals surface area contributed by atoms with E-state index < -0.39 is 0 Å². The van der Waals surface area contributed by atoms with Crippen LogP contribution in [0, 0.1) is 0 Å². The lowest BCUT2D eigenvalue weighted by Crippen LogP contribution is -2.37. The Morgan fingerprint density at radius 1 is 1.39 bits per heavy atom. The molecule has 2 nitrogen and oxygen atoms in total. The second-order valence-corrected chi connectivity index (χ2v) is 4.38. The molecule has 0 spiro atoms. The maximum Gasteiger partial charge on any atom is 0.255 e. The molecule has 0 atom stereocenters. The van der Waals surface area contributed by atoms with Crippen LogP contribution in [0.25, 0.3) is 5.57 Å². The topological polar surface area (TPSA) is 20.3 Å². The van der Waals surface area contributed by atoms with Gasteiger partial charge in [0.2, 0.25) is 0 Å². The van der Waals surface area contributed by atoms with Gasteiger partial charge in [0, 0.05) is 18.7 Å². The van der Waals surface area contributed by atoms with E-state index in [1.165, 1.54) is 0 Å². The minimum atomic E-state index is 0.0687. The van der Waals surface area contributed by atoms with Gasteiger partial charge < -0.3 is 4.90 Å². The summed E-state index contributed by atoms with van der Waals surface area (Å²) in [5.74, 6) is 0.0687.